The Morgan fingerprint density at radius 3 is 2.61 bits per heavy atom. The Balaban J connectivity index is 1.71. The van der Waals surface area contributed by atoms with Crippen LogP contribution >= 0.6 is 0 Å². The predicted molar refractivity (Wildman–Crippen MR) is 90.9 cm³/mol. The van der Waals surface area contributed by atoms with Gasteiger partial charge in [-0.25, -0.2) is 0 Å². The lowest BCUT2D eigenvalue weighted by Crippen LogP contribution is -2.37. The van der Waals surface area contributed by atoms with Crippen molar-refractivity contribution in [2.24, 2.45) is 0 Å². The van der Waals surface area contributed by atoms with E-state index >= 15 is 0 Å². The highest BCUT2D eigenvalue weighted by molar-refractivity contribution is 5.94. The molecular formula is C19H24N2O2. The van der Waals surface area contributed by atoms with Gasteiger partial charge in [-0.05, 0) is 55.7 Å². The summed E-state index contributed by atoms with van der Waals surface area (Å²) in [7, 11) is 0. The van der Waals surface area contributed by atoms with Crippen LogP contribution in [-0.2, 0) is 4.74 Å². The zero-order chi connectivity index (χ0) is 16.1. The first-order chi connectivity index (χ1) is 11.3. The molecule has 4 heteroatoms. The molecule has 1 aliphatic heterocycles. The molecule has 1 fully saturated rings. The zero-order valence-corrected chi connectivity index (χ0v) is 13.6. The third kappa shape index (κ3) is 3.82. The summed E-state index contributed by atoms with van der Waals surface area (Å²) in [6.07, 6.45) is 7.31. The molecule has 0 bridgehead atoms. The molecule has 0 saturated carbocycles. The van der Waals surface area contributed by atoms with E-state index in [-0.39, 0.29) is 12.0 Å². The second-order valence-corrected chi connectivity index (χ2v) is 6.02. The third-order valence-corrected chi connectivity index (χ3v) is 4.25. The van der Waals surface area contributed by atoms with Gasteiger partial charge in [-0.15, -0.1) is 0 Å². The van der Waals surface area contributed by atoms with Crippen LogP contribution in [-0.4, -0.2) is 41.2 Å². The van der Waals surface area contributed by atoms with Crippen LogP contribution in [0.25, 0.3) is 5.69 Å². The van der Waals surface area contributed by atoms with Gasteiger partial charge in [0.25, 0.3) is 5.91 Å². The summed E-state index contributed by atoms with van der Waals surface area (Å²) in [5.74, 6) is 0.0985. The number of nitrogens with zero attached hydrogens (tertiary/aromatic N) is 2. The minimum absolute atomic E-state index is 0.0985. The molecule has 0 spiro atoms. The first-order valence-electron chi connectivity index (χ1n) is 8.42. The normalized spacial score (nSPS) is 17.3. The summed E-state index contributed by atoms with van der Waals surface area (Å²) in [5.41, 5.74) is 1.81. The minimum Gasteiger partial charge on any atom is -0.376 e. The SMILES string of the molecule is CCCN(CC1CCCO1)C(=O)c1ccc(-n2cccc2)cc1. The third-order valence-electron chi connectivity index (χ3n) is 4.25. The van der Waals surface area contributed by atoms with Gasteiger partial charge in [-0.3, -0.25) is 4.79 Å². The number of amides is 1. The van der Waals surface area contributed by atoms with Gasteiger partial charge in [0.05, 0.1) is 6.10 Å². The fourth-order valence-electron chi connectivity index (χ4n) is 3.05. The van der Waals surface area contributed by atoms with E-state index in [1.165, 1.54) is 0 Å². The quantitative estimate of drug-likeness (QED) is 0.818. The lowest BCUT2D eigenvalue weighted by atomic mass is 10.1. The lowest BCUT2D eigenvalue weighted by molar-refractivity contribution is 0.0526. The second-order valence-electron chi connectivity index (χ2n) is 6.02. The van der Waals surface area contributed by atoms with Crippen molar-refractivity contribution < 1.29 is 9.53 Å². The fourth-order valence-corrected chi connectivity index (χ4v) is 3.05. The Labute approximate surface area is 137 Å². The number of aromatic nitrogens is 1. The Hall–Kier alpha value is -2.07. The maximum atomic E-state index is 12.8. The maximum Gasteiger partial charge on any atom is 0.253 e. The van der Waals surface area contributed by atoms with Gasteiger partial charge >= 0.3 is 0 Å². The molecule has 2 heterocycles. The standard InChI is InChI=1S/C19H24N2O2/c1-2-11-21(15-18-6-5-14-23-18)19(22)16-7-9-17(10-8-16)20-12-3-4-13-20/h3-4,7-10,12-13,18H,2,5-6,11,14-15H2,1H3. The molecule has 23 heavy (non-hydrogen) atoms. The van der Waals surface area contributed by atoms with E-state index in [2.05, 4.69) is 6.92 Å². The first kappa shape index (κ1) is 15.8. The van der Waals surface area contributed by atoms with Gasteiger partial charge < -0.3 is 14.2 Å². The summed E-state index contributed by atoms with van der Waals surface area (Å²) >= 11 is 0. The fraction of sp³-hybridized carbons (Fsp3) is 0.421. The van der Waals surface area contributed by atoms with Gasteiger partial charge in [-0.1, -0.05) is 6.92 Å². The Morgan fingerprint density at radius 2 is 2.00 bits per heavy atom. The Morgan fingerprint density at radius 1 is 1.26 bits per heavy atom. The van der Waals surface area contributed by atoms with E-state index < -0.39 is 0 Å². The molecule has 122 valence electrons. The lowest BCUT2D eigenvalue weighted by Gasteiger charge is -2.25. The average molecular weight is 312 g/mol. The van der Waals surface area contributed by atoms with Crippen molar-refractivity contribution in [2.75, 3.05) is 19.7 Å². The topological polar surface area (TPSA) is 34.5 Å². The summed E-state index contributed by atoms with van der Waals surface area (Å²) < 4.78 is 7.72. The Bertz CT molecular complexity index is 613. The molecule has 0 N–H and O–H groups in total. The number of hydrogen-bond acceptors (Lipinski definition) is 2. The summed E-state index contributed by atoms with van der Waals surface area (Å²) in [6.45, 7) is 4.40. The van der Waals surface area contributed by atoms with Crippen molar-refractivity contribution in [2.45, 2.75) is 32.3 Å². The van der Waals surface area contributed by atoms with Crippen LogP contribution < -0.4 is 0 Å². The van der Waals surface area contributed by atoms with Crippen molar-refractivity contribution in [1.29, 1.82) is 0 Å². The Kier molecular flexibility index (Phi) is 5.13. The molecule has 1 atom stereocenters. The molecule has 1 aliphatic rings. The van der Waals surface area contributed by atoms with Crippen molar-refractivity contribution in [3.8, 4) is 5.69 Å². The van der Waals surface area contributed by atoms with Gasteiger partial charge in [0.15, 0.2) is 0 Å². The molecule has 1 amide bonds. The van der Waals surface area contributed by atoms with Crippen LogP contribution in [0.3, 0.4) is 0 Å². The van der Waals surface area contributed by atoms with E-state index in [1.54, 1.807) is 0 Å². The molecule has 1 aromatic heterocycles. The molecule has 1 unspecified atom stereocenters. The van der Waals surface area contributed by atoms with Crippen molar-refractivity contribution in [1.82, 2.24) is 9.47 Å². The molecule has 0 radical (unpaired) electrons. The first-order valence-corrected chi connectivity index (χ1v) is 8.42. The van der Waals surface area contributed by atoms with E-state index in [4.69, 9.17) is 4.74 Å². The van der Waals surface area contributed by atoms with Gasteiger partial charge in [0.1, 0.15) is 0 Å². The number of carbonyl (C=O) groups excluding carboxylic acids is 1. The maximum absolute atomic E-state index is 12.8. The highest BCUT2D eigenvalue weighted by Crippen LogP contribution is 2.16. The molecule has 1 saturated heterocycles. The van der Waals surface area contributed by atoms with Crippen molar-refractivity contribution in [3.05, 3.63) is 54.4 Å². The van der Waals surface area contributed by atoms with E-state index in [0.717, 1.165) is 43.7 Å². The predicted octanol–water partition coefficient (Wildman–Crippen LogP) is 3.51. The van der Waals surface area contributed by atoms with Crippen LogP contribution in [0, 0.1) is 0 Å². The highest BCUT2D eigenvalue weighted by Gasteiger charge is 2.22. The van der Waals surface area contributed by atoms with E-state index in [0.29, 0.717) is 6.54 Å². The summed E-state index contributed by atoms with van der Waals surface area (Å²) in [5, 5.41) is 0. The summed E-state index contributed by atoms with van der Waals surface area (Å²) in [6, 6.07) is 11.8. The molecule has 3 rings (SSSR count). The molecule has 2 aromatic rings. The van der Waals surface area contributed by atoms with Crippen molar-refractivity contribution in [3.63, 3.8) is 0 Å². The number of hydrogen-bond donors (Lipinski definition) is 0. The van der Waals surface area contributed by atoms with Gasteiger partial charge in [0, 0.05) is 43.3 Å². The average Bonchev–Trinajstić information content (AvgIpc) is 3.28. The number of carbonyl (C=O) groups is 1. The van der Waals surface area contributed by atoms with E-state index in [9.17, 15) is 4.79 Å². The summed E-state index contributed by atoms with van der Waals surface area (Å²) in [4.78, 5) is 14.7. The van der Waals surface area contributed by atoms with Gasteiger partial charge in [0.2, 0.25) is 0 Å². The number of rotatable bonds is 6. The van der Waals surface area contributed by atoms with Crippen LogP contribution in [0.15, 0.2) is 48.8 Å². The largest absolute Gasteiger partial charge is 0.376 e. The highest BCUT2D eigenvalue weighted by atomic mass is 16.5. The minimum atomic E-state index is 0.0985. The second kappa shape index (κ2) is 7.47. The molecular weight excluding hydrogens is 288 g/mol. The smallest absolute Gasteiger partial charge is 0.253 e. The number of benzene rings is 1. The van der Waals surface area contributed by atoms with Crippen molar-refractivity contribution >= 4 is 5.91 Å². The molecule has 1 aromatic carbocycles. The van der Waals surface area contributed by atoms with Crippen LogP contribution in [0.4, 0.5) is 0 Å². The molecule has 4 nitrogen and oxygen atoms in total. The van der Waals surface area contributed by atoms with Gasteiger partial charge in [-0.2, -0.15) is 0 Å². The number of ether oxygens (including phenoxy) is 1. The van der Waals surface area contributed by atoms with E-state index in [1.807, 2.05) is 58.3 Å². The van der Waals surface area contributed by atoms with Crippen LogP contribution in [0.5, 0.6) is 0 Å². The molecule has 0 aliphatic carbocycles. The monoisotopic (exact) mass is 312 g/mol. The van der Waals surface area contributed by atoms with Crippen LogP contribution in [0.2, 0.25) is 0 Å². The van der Waals surface area contributed by atoms with Crippen LogP contribution in [0.1, 0.15) is 36.5 Å². The zero-order valence-electron chi connectivity index (χ0n) is 13.6.